The van der Waals surface area contributed by atoms with Gasteiger partial charge in [-0.25, -0.2) is 0 Å². The van der Waals surface area contributed by atoms with Gasteiger partial charge in [0.15, 0.2) is 0 Å². The summed E-state index contributed by atoms with van der Waals surface area (Å²) in [5.74, 6) is 1.39. The van der Waals surface area contributed by atoms with E-state index in [2.05, 4.69) is 20.9 Å². The first-order chi connectivity index (χ1) is 9.13. The number of aromatic nitrogens is 1. The van der Waals surface area contributed by atoms with E-state index in [0.29, 0.717) is 5.75 Å². The summed E-state index contributed by atoms with van der Waals surface area (Å²) in [4.78, 5) is 4.47. The second kappa shape index (κ2) is 6.17. The van der Waals surface area contributed by atoms with Gasteiger partial charge in [0.05, 0.1) is 12.3 Å². The van der Waals surface area contributed by atoms with Crippen molar-refractivity contribution in [1.82, 2.24) is 4.98 Å². The third-order valence-corrected chi connectivity index (χ3v) is 3.32. The van der Waals surface area contributed by atoms with Crippen LogP contribution in [0.3, 0.4) is 0 Å². The van der Waals surface area contributed by atoms with Gasteiger partial charge >= 0.3 is 0 Å². The molecule has 1 aromatic heterocycles. The maximum absolute atomic E-state index is 9.35. The van der Waals surface area contributed by atoms with Gasteiger partial charge in [-0.3, -0.25) is 4.98 Å². The molecule has 0 radical (unpaired) electrons. The molecule has 0 saturated carbocycles. The van der Waals surface area contributed by atoms with E-state index in [1.165, 1.54) is 0 Å². The van der Waals surface area contributed by atoms with Crippen molar-refractivity contribution < 1.29 is 9.84 Å². The van der Waals surface area contributed by atoms with E-state index in [9.17, 15) is 5.11 Å². The Morgan fingerprint density at radius 2 is 2.00 bits per heavy atom. The molecule has 4 heteroatoms. The van der Waals surface area contributed by atoms with Gasteiger partial charge < -0.3 is 9.84 Å². The lowest BCUT2D eigenvalue weighted by atomic mass is 10.2. The summed E-state index contributed by atoms with van der Waals surface area (Å²) in [6.07, 6.45) is 0.805. The van der Waals surface area contributed by atoms with Crippen LogP contribution in [-0.2, 0) is 13.0 Å². The van der Waals surface area contributed by atoms with Crippen LogP contribution in [0, 0.1) is 6.92 Å². The van der Waals surface area contributed by atoms with Gasteiger partial charge in [-0.1, -0.05) is 28.9 Å². The Morgan fingerprint density at radius 1 is 1.21 bits per heavy atom. The molecule has 0 spiro atoms. The van der Waals surface area contributed by atoms with E-state index < -0.39 is 0 Å². The molecular weight excluding hydrogens is 306 g/mol. The number of ether oxygens (including phenoxy) is 1. The maximum atomic E-state index is 9.35. The van der Waals surface area contributed by atoms with Crippen LogP contribution in [0.1, 0.15) is 23.9 Å². The van der Waals surface area contributed by atoms with E-state index in [1.807, 2.05) is 44.2 Å². The molecule has 1 heterocycles. The summed E-state index contributed by atoms with van der Waals surface area (Å²) in [5.41, 5.74) is 2.65. The predicted molar refractivity (Wildman–Crippen MR) is 78.5 cm³/mol. The van der Waals surface area contributed by atoms with Gasteiger partial charge in [-0.15, -0.1) is 0 Å². The number of hydrogen-bond donors (Lipinski definition) is 1. The average molecular weight is 322 g/mol. The normalized spacial score (nSPS) is 10.5. The highest BCUT2D eigenvalue weighted by Crippen LogP contribution is 2.30. The van der Waals surface area contributed by atoms with Crippen molar-refractivity contribution in [2.24, 2.45) is 0 Å². The Bertz CT molecular complexity index is 584. The highest BCUT2D eigenvalue weighted by molar-refractivity contribution is 9.10. The van der Waals surface area contributed by atoms with Crippen LogP contribution in [-0.4, -0.2) is 10.1 Å². The summed E-state index contributed by atoms with van der Waals surface area (Å²) in [6, 6.07) is 9.42. The zero-order valence-corrected chi connectivity index (χ0v) is 12.6. The molecule has 0 amide bonds. The highest BCUT2D eigenvalue weighted by atomic mass is 79.9. The number of benzene rings is 1. The fourth-order valence-electron chi connectivity index (χ4n) is 1.82. The molecule has 0 saturated heterocycles. The molecule has 0 fully saturated rings. The number of halogens is 1. The highest BCUT2D eigenvalue weighted by Gasteiger charge is 2.09. The first kappa shape index (κ1) is 14.0. The lowest BCUT2D eigenvalue weighted by molar-refractivity contribution is 0.276. The summed E-state index contributed by atoms with van der Waals surface area (Å²) in [5, 5.41) is 9.35. The summed E-state index contributed by atoms with van der Waals surface area (Å²) < 4.78 is 6.82. The number of rotatable bonds is 4. The quantitative estimate of drug-likeness (QED) is 0.925. The van der Waals surface area contributed by atoms with Crippen molar-refractivity contribution in [2.45, 2.75) is 26.9 Å². The minimum Gasteiger partial charge on any atom is -0.455 e. The molecule has 1 aromatic carbocycles. The Kier molecular flexibility index (Phi) is 4.56. The smallest absolute Gasteiger partial charge is 0.148 e. The predicted octanol–water partition coefficient (Wildman–Crippen LogP) is 4.00. The maximum Gasteiger partial charge on any atom is 0.148 e. The largest absolute Gasteiger partial charge is 0.455 e. The number of hydrogen-bond acceptors (Lipinski definition) is 3. The van der Waals surface area contributed by atoms with Crippen molar-refractivity contribution in [3.05, 3.63) is 51.8 Å². The standard InChI is InChI=1S/C15H16BrNO2/c1-3-13-14(7-4-10(2)17-13)19-15-8-12(16)6-5-11(15)9-18/h4-8,18H,3,9H2,1-2H3. The summed E-state index contributed by atoms with van der Waals surface area (Å²) in [6.45, 7) is 3.95. The number of aliphatic hydroxyl groups excluding tert-OH is 1. The van der Waals surface area contributed by atoms with Crippen LogP contribution >= 0.6 is 15.9 Å². The molecule has 2 aromatic rings. The molecular formula is C15H16BrNO2. The molecule has 0 atom stereocenters. The first-order valence-electron chi connectivity index (χ1n) is 6.17. The van der Waals surface area contributed by atoms with E-state index in [4.69, 9.17) is 4.74 Å². The monoisotopic (exact) mass is 321 g/mol. The molecule has 1 N–H and O–H groups in total. The van der Waals surface area contributed by atoms with Gasteiger partial charge in [0.25, 0.3) is 0 Å². The first-order valence-corrected chi connectivity index (χ1v) is 6.97. The molecule has 3 nitrogen and oxygen atoms in total. The lowest BCUT2D eigenvalue weighted by Gasteiger charge is -2.13. The second-order valence-corrected chi connectivity index (χ2v) is 5.18. The molecule has 0 unspecified atom stereocenters. The van der Waals surface area contributed by atoms with Crippen molar-refractivity contribution in [3.63, 3.8) is 0 Å². The molecule has 0 bridgehead atoms. The molecule has 2 rings (SSSR count). The Balaban J connectivity index is 2.38. The Labute approximate surface area is 121 Å². The van der Waals surface area contributed by atoms with Crippen molar-refractivity contribution in [2.75, 3.05) is 0 Å². The van der Waals surface area contributed by atoms with Crippen LogP contribution in [0.4, 0.5) is 0 Å². The van der Waals surface area contributed by atoms with E-state index >= 15 is 0 Å². The third-order valence-electron chi connectivity index (χ3n) is 2.83. The van der Waals surface area contributed by atoms with E-state index in [0.717, 1.165) is 33.6 Å². The minimum atomic E-state index is -0.0522. The number of nitrogens with zero attached hydrogens (tertiary/aromatic N) is 1. The molecule has 0 aliphatic rings. The minimum absolute atomic E-state index is 0.0522. The van der Waals surface area contributed by atoms with Crippen LogP contribution in [0.15, 0.2) is 34.8 Å². The molecule has 19 heavy (non-hydrogen) atoms. The van der Waals surface area contributed by atoms with Gasteiger partial charge in [-0.05, 0) is 37.6 Å². The van der Waals surface area contributed by atoms with Crippen molar-refractivity contribution in [1.29, 1.82) is 0 Å². The molecule has 0 aliphatic carbocycles. The number of aliphatic hydroxyl groups is 1. The van der Waals surface area contributed by atoms with Gasteiger partial charge in [0, 0.05) is 15.7 Å². The average Bonchev–Trinajstić information content (AvgIpc) is 2.41. The lowest BCUT2D eigenvalue weighted by Crippen LogP contribution is -1.98. The number of aryl methyl sites for hydroxylation is 2. The second-order valence-electron chi connectivity index (χ2n) is 4.26. The number of pyridine rings is 1. The zero-order chi connectivity index (χ0) is 13.8. The summed E-state index contributed by atoms with van der Waals surface area (Å²) in [7, 11) is 0. The summed E-state index contributed by atoms with van der Waals surface area (Å²) >= 11 is 3.41. The van der Waals surface area contributed by atoms with Crippen LogP contribution in [0.2, 0.25) is 0 Å². The van der Waals surface area contributed by atoms with E-state index in [1.54, 1.807) is 0 Å². The zero-order valence-electron chi connectivity index (χ0n) is 11.0. The van der Waals surface area contributed by atoms with Crippen LogP contribution in [0.25, 0.3) is 0 Å². The van der Waals surface area contributed by atoms with Crippen molar-refractivity contribution in [3.8, 4) is 11.5 Å². The Morgan fingerprint density at radius 3 is 2.68 bits per heavy atom. The van der Waals surface area contributed by atoms with Crippen LogP contribution < -0.4 is 4.74 Å². The van der Waals surface area contributed by atoms with Gasteiger partial charge in [-0.2, -0.15) is 0 Å². The van der Waals surface area contributed by atoms with Gasteiger partial charge in [0.1, 0.15) is 11.5 Å². The van der Waals surface area contributed by atoms with E-state index in [-0.39, 0.29) is 6.61 Å². The Hall–Kier alpha value is -1.39. The molecule has 0 aliphatic heterocycles. The SMILES string of the molecule is CCc1nc(C)ccc1Oc1cc(Br)ccc1CO. The third kappa shape index (κ3) is 3.33. The van der Waals surface area contributed by atoms with Crippen molar-refractivity contribution >= 4 is 15.9 Å². The van der Waals surface area contributed by atoms with Gasteiger partial charge in [0.2, 0.25) is 0 Å². The molecule has 100 valence electrons. The fourth-order valence-corrected chi connectivity index (χ4v) is 2.16. The van der Waals surface area contributed by atoms with Crippen LogP contribution in [0.5, 0.6) is 11.5 Å². The fraction of sp³-hybridized carbons (Fsp3) is 0.267. The topological polar surface area (TPSA) is 42.4 Å².